The standard InChI is InChI=1S/C21H35N3/c1-17-13-20(24-9-5-6-10-24)7-8-21(17)19-14-18(15-19)16-23(4)12-11-22(2)3/h7-8,13,18-19H,5-6,9-12,14-16H2,1-4H3/t18-,19-. The van der Waals surface area contributed by atoms with Gasteiger partial charge in [0.15, 0.2) is 0 Å². The van der Waals surface area contributed by atoms with Crippen LogP contribution in [0.15, 0.2) is 18.2 Å². The summed E-state index contributed by atoms with van der Waals surface area (Å²) >= 11 is 0. The molecule has 0 spiro atoms. The second kappa shape index (κ2) is 7.88. The van der Waals surface area contributed by atoms with E-state index in [2.05, 4.69) is 61.0 Å². The van der Waals surface area contributed by atoms with Crippen LogP contribution < -0.4 is 4.90 Å². The summed E-state index contributed by atoms with van der Waals surface area (Å²) < 4.78 is 0. The van der Waals surface area contributed by atoms with Crippen LogP contribution in [0.3, 0.4) is 0 Å². The summed E-state index contributed by atoms with van der Waals surface area (Å²) in [5, 5.41) is 0. The number of likely N-dealkylation sites (N-methyl/N-ethyl adjacent to an activating group) is 2. The van der Waals surface area contributed by atoms with Crippen LogP contribution in [0.4, 0.5) is 5.69 Å². The lowest BCUT2D eigenvalue weighted by molar-refractivity contribution is 0.172. The first-order chi connectivity index (χ1) is 11.5. The number of rotatable bonds is 7. The minimum absolute atomic E-state index is 0.796. The van der Waals surface area contributed by atoms with Crippen molar-refractivity contribution in [2.45, 2.75) is 38.5 Å². The Bertz CT molecular complexity index is 528. The number of nitrogens with zero attached hydrogens (tertiary/aromatic N) is 3. The SMILES string of the molecule is Cc1cc(N2CCCC2)ccc1[C@H]1C[C@H](CN(C)CCN(C)C)C1. The Morgan fingerprint density at radius 3 is 2.38 bits per heavy atom. The summed E-state index contributed by atoms with van der Waals surface area (Å²) in [7, 11) is 6.58. The van der Waals surface area contributed by atoms with E-state index >= 15 is 0 Å². The van der Waals surface area contributed by atoms with Crippen molar-refractivity contribution in [2.24, 2.45) is 5.92 Å². The molecule has 1 aliphatic heterocycles. The quantitative estimate of drug-likeness (QED) is 0.757. The molecule has 1 heterocycles. The third-order valence-electron chi connectivity index (χ3n) is 5.90. The van der Waals surface area contributed by atoms with Gasteiger partial charge in [-0.1, -0.05) is 6.07 Å². The van der Waals surface area contributed by atoms with Gasteiger partial charge < -0.3 is 14.7 Å². The molecule has 0 N–H and O–H groups in total. The van der Waals surface area contributed by atoms with Gasteiger partial charge >= 0.3 is 0 Å². The van der Waals surface area contributed by atoms with Crippen molar-refractivity contribution in [3.8, 4) is 0 Å². The number of hydrogen-bond donors (Lipinski definition) is 0. The molecular weight excluding hydrogens is 294 g/mol. The molecule has 3 rings (SSSR count). The van der Waals surface area contributed by atoms with E-state index in [1.807, 2.05) is 0 Å². The second-order valence-corrected chi connectivity index (χ2v) is 8.33. The number of benzene rings is 1. The molecule has 0 atom stereocenters. The average molecular weight is 330 g/mol. The molecular formula is C21H35N3. The summed E-state index contributed by atoms with van der Waals surface area (Å²) in [4.78, 5) is 7.32. The van der Waals surface area contributed by atoms with Gasteiger partial charge in [-0.3, -0.25) is 0 Å². The average Bonchev–Trinajstić information content (AvgIpc) is 3.03. The fourth-order valence-corrected chi connectivity index (χ4v) is 4.33. The van der Waals surface area contributed by atoms with Crippen LogP contribution in [-0.4, -0.2) is 63.7 Å². The lowest BCUT2D eigenvalue weighted by Gasteiger charge is -2.39. The smallest absolute Gasteiger partial charge is 0.0369 e. The fraction of sp³-hybridized carbons (Fsp3) is 0.714. The molecule has 24 heavy (non-hydrogen) atoms. The van der Waals surface area contributed by atoms with Crippen LogP contribution in [0, 0.1) is 12.8 Å². The van der Waals surface area contributed by atoms with Crippen molar-refractivity contribution >= 4 is 5.69 Å². The first kappa shape index (κ1) is 17.8. The lowest BCUT2D eigenvalue weighted by atomic mass is 9.70. The summed E-state index contributed by atoms with van der Waals surface area (Å²) in [6.45, 7) is 8.38. The number of hydrogen-bond acceptors (Lipinski definition) is 3. The van der Waals surface area contributed by atoms with Crippen molar-refractivity contribution in [3.63, 3.8) is 0 Å². The molecule has 1 aromatic carbocycles. The minimum Gasteiger partial charge on any atom is -0.372 e. The Kier molecular flexibility index (Phi) is 5.83. The maximum absolute atomic E-state index is 2.54. The monoisotopic (exact) mass is 329 g/mol. The molecule has 0 unspecified atom stereocenters. The van der Waals surface area contributed by atoms with Crippen LogP contribution in [0.1, 0.15) is 42.7 Å². The highest BCUT2D eigenvalue weighted by Crippen LogP contribution is 2.43. The van der Waals surface area contributed by atoms with E-state index in [1.165, 1.54) is 63.1 Å². The van der Waals surface area contributed by atoms with Gasteiger partial charge in [0.05, 0.1) is 0 Å². The highest BCUT2D eigenvalue weighted by molar-refractivity contribution is 5.52. The van der Waals surface area contributed by atoms with Gasteiger partial charge in [0.25, 0.3) is 0 Å². The molecule has 0 bridgehead atoms. The summed E-state index contributed by atoms with van der Waals surface area (Å²) in [5.41, 5.74) is 4.54. The maximum Gasteiger partial charge on any atom is 0.0369 e. The van der Waals surface area contributed by atoms with Gasteiger partial charge in [-0.15, -0.1) is 0 Å². The molecule has 0 radical (unpaired) electrons. The summed E-state index contributed by atoms with van der Waals surface area (Å²) in [6, 6.07) is 7.21. The fourth-order valence-electron chi connectivity index (χ4n) is 4.33. The van der Waals surface area contributed by atoms with E-state index in [-0.39, 0.29) is 0 Å². The Morgan fingerprint density at radius 2 is 1.75 bits per heavy atom. The zero-order valence-electron chi connectivity index (χ0n) is 16.1. The number of aryl methyl sites for hydroxylation is 1. The zero-order chi connectivity index (χ0) is 17.1. The molecule has 0 aromatic heterocycles. The topological polar surface area (TPSA) is 9.72 Å². The van der Waals surface area contributed by atoms with Crippen molar-refractivity contribution in [1.82, 2.24) is 9.80 Å². The molecule has 2 fully saturated rings. The molecule has 3 nitrogen and oxygen atoms in total. The molecule has 1 saturated heterocycles. The van der Waals surface area contributed by atoms with Crippen LogP contribution in [-0.2, 0) is 0 Å². The third kappa shape index (κ3) is 4.31. The molecule has 3 heteroatoms. The zero-order valence-corrected chi connectivity index (χ0v) is 16.1. The van der Waals surface area contributed by atoms with Crippen LogP contribution in [0.2, 0.25) is 0 Å². The van der Waals surface area contributed by atoms with Gasteiger partial charge in [-0.05, 0) is 88.8 Å². The van der Waals surface area contributed by atoms with Gasteiger partial charge in [-0.2, -0.15) is 0 Å². The van der Waals surface area contributed by atoms with Gasteiger partial charge in [0, 0.05) is 38.4 Å². The normalized spacial score (nSPS) is 24.0. The van der Waals surface area contributed by atoms with E-state index in [9.17, 15) is 0 Å². The maximum atomic E-state index is 2.54. The van der Waals surface area contributed by atoms with Gasteiger partial charge in [0.2, 0.25) is 0 Å². The Morgan fingerprint density at radius 1 is 1.04 bits per heavy atom. The molecule has 1 aliphatic carbocycles. The first-order valence-electron chi connectivity index (χ1n) is 9.71. The Hall–Kier alpha value is -1.06. The molecule has 134 valence electrons. The lowest BCUT2D eigenvalue weighted by Crippen LogP contribution is -2.36. The molecule has 2 aliphatic rings. The second-order valence-electron chi connectivity index (χ2n) is 8.33. The first-order valence-corrected chi connectivity index (χ1v) is 9.71. The number of anilines is 1. The van der Waals surface area contributed by atoms with E-state index < -0.39 is 0 Å². The minimum atomic E-state index is 0.796. The van der Waals surface area contributed by atoms with Crippen LogP contribution in [0.25, 0.3) is 0 Å². The summed E-state index contributed by atoms with van der Waals surface area (Å²) in [6.07, 6.45) is 5.45. The Balaban J connectivity index is 1.48. The molecule has 0 amide bonds. The predicted octanol–water partition coefficient (Wildman–Crippen LogP) is 3.58. The van der Waals surface area contributed by atoms with Crippen molar-refractivity contribution in [1.29, 1.82) is 0 Å². The summed E-state index contributed by atoms with van der Waals surface area (Å²) in [5.74, 6) is 1.68. The van der Waals surface area contributed by atoms with E-state index in [1.54, 1.807) is 5.56 Å². The van der Waals surface area contributed by atoms with Crippen molar-refractivity contribution in [3.05, 3.63) is 29.3 Å². The predicted molar refractivity (Wildman–Crippen MR) is 104 cm³/mol. The van der Waals surface area contributed by atoms with E-state index in [0.29, 0.717) is 0 Å². The largest absolute Gasteiger partial charge is 0.372 e. The van der Waals surface area contributed by atoms with E-state index in [0.717, 1.165) is 18.4 Å². The van der Waals surface area contributed by atoms with Crippen LogP contribution >= 0.6 is 0 Å². The highest BCUT2D eigenvalue weighted by Gasteiger charge is 2.31. The van der Waals surface area contributed by atoms with E-state index in [4.69, 9.17) is 0 Å². The van der Waals surface area contributed by atoms with Gasteiger partial charge in [-0.25, -0.2) is 0 Å². The Labute approximate surface area is 148 Å². The van der Waals surface area contributed by atoms with Crippen molar-refractivity contribution in [2.75, 3.05) is 58.8 Å². The highest BCUT2D eigenvalue weighted by atomic mass is 15.2. The molecule has 1 aromatic rings. The van der Waals surface area contributed by atoms with Crippen molar-refractivity contribution < 1.29 is 0 Å². The molecule has 1 saturated carbocycles. The van der Waals surface area contributed by atoms with Gasteiger partial charge in [0.1, 0.15) is 0 Å². The third-order valence-corrected chi connectivity index (χ3v) is 5.90. The van der Waals surface area contributed by atoms with Crippen LogP contribution in [0.5, 0.6) is 0 Å².